The molecule has 5 saturated carbocycles. The van der Waals surface area contributed by atoms with Crippen molar-refractivity contribution in [3.8, 4) is 0 Å². The minimum absolute atomic E-state index is 0.0813. The molecule has 18 heteroatoms. The van der Waals surface area contributed by atoms with E-state index in [2.05, 4.69) is 34.6 Å². The Kier molecular flexibility index (Phi) is 12.4. The van der Waals surface area contributed by atoms with Gasteiger partial charge in [-0.05, 0) is 117 Å². The van der Waals surface area contributed by atoms with Crippen molar-refractivity contribution in [3.05, 3.63) is 0 Å². The molecule has 9 rings (SSSR count). The molecule has 0 bridgehead atoms. The van der Waals surface area contributed by atoms with Crippen LogP contribution in [0.2, 0.25) is 0 Å². The second kappa shape index (κ2) is 16.5. The van der Waals surface area contributed by atoms with Crippen molar-refractivity contribution in [3.63, 3.8) is 0 Å². The van der Waals surface area contributed by atoms with Gasteiger partial charge in [-0.2, -0.15) is 0 Å². The van der Waals surface area contributed by atoms with Crippen LogP contribution in [0.1, 0.15) is 113 Å². The summed E-state index contributed by atoms with van der Waals surface area (Å²) in [5, 5.41) is 98.8. The molecule has 2 spiro atoms. The van der Waals surface area contributed by atoms with Gasteiger partial charge in [-0.3, -0.25) is 4.79 Å². The van der Waals surface area contributed by atoms with Crippen LogP contribution in [0.25, 0.3) is 0 Å². The van der Waals surface area contributed by atoms with Gasteiger partial charge in [0.25, 0.3) is 0 Å². The Labute approximate surface area is 381 Å². The third kappa shape index (κ3) is 7.44. The highest BCUT2D eigenvalue weighted by atomic mass is 16.8. The highest BCUT2D eigenvalue weighted by Crippen LogP contribution is 2.89. The van der Waals surface area contributed by atoms with Gasteiger partial charge in [-0.1, -0.05) is 27.7 Å². The van der Waals surface area contributed by atoms with Gasteiger partial charge in [0.2, 0.25) is 0 Å². The molecule has 0 unspecified atom stereocenters. The maximum absolute atomic E-state index is 12.3. The number of hydrogen-bond donors (Lipinski definition) is 9. The molecular formula is C47H76O18. The first-order valence-corrected chi connectivity index (χ1v) is 24.1. The van der Waals surface area contributed by atoms with Crippen molar-refractivity contribution >= 4 is 5.97 Å². The number of hydrogen-bond acceptors (Lipinski definition) is 18. The Morgan fingerprint density at radius 2 is 1.25 bits per heavy atom. The van der Waals surface area contributed by atoms with Gasteiger partial charge in [0.05, 0.1) is 55.4 Å². The minimum atomic E-state index is -1.68. The monoisotopic (exact) mass is 929 g/mol. The van der Waals surface area contributed by atoms with E-state index < -0.39 is 115 Å². The summed E-state index contributed by atoms with van der Waals surface area (Å²) in [5.41, 5.74) is -3.45. The summed E-state index contributed by atoms with van der Waals surface area (Å²) in [4.78, 5) is 12.0. The second-order valence-corrected chi connectivity index (χ2v) is 23.6. The lowest BCUT2D eigenvalue weighted by Gasteiger charge is -2.65. The summed E-state index contributed by atoms with van der Waals surface area (Å²) in [6.45, 7) is 15.0. The molecule has 65 heavy (non-hydrogen) atoms. The maximum atomic E-state index is 12.3. The van der Waals surface area contributed by atoms with Crippen LogP contribution >= 0.6 is 0 Å². The largest absolute Gasteiger partial charge is 0.457 e. The molecule has 18 nitrogen and oxygen atoms in total. The molecule has 0 aromatic heterocycles. The van der Waals surface area contributed by atoms with E-state index in [0.717, 1.165) is 32.1 Å². The molecule has 0 aromatic carbocycles. The van der Waals surface area contributed by atoms with Crippen LogP contribution in [0, 0.1) is 44.8 Å². The second-order valence-electron chi connectivity index (χ2n) is 23.6. The Balaban J connectivity index is 1.03. The van der Waals surface area contributed by atoms with Crippen LogP contribution in [-0.2, 0) is 42.7 Å². The lowest BCUT2D eigenvalue weighted by molar-refractivity contribution is -0.359. The number of carbonyl (C=O) groups excluding carboxylic acids is 1. The van der Waals surface area contributed by atoms with Crippen LogP contribution in [0.4, 0.5) is 0 Å². The molecule has 0 amide bonds. The number of carbonyl (C=O) groups is 1. The van der Waals surface area contributed by atoms with Crippen LogP contribution < -0.4 is 0 Å². The molecule has 24 atom stereocenters. The summed E-state index contributed by atoms with van der Waals surface area (Å²) >= 11 is 0. The number of aliphatic hydroxyl groups excluding tert-OH is 8. The molecule has 9 aliphatic rings. The van der Waals surface area contributed by atoms with E-state index >= 15 is 0 Å². The number of rotatable bonds is 9. The molecule has 372 valence electrons. The predicted octanol–water partition coefficient (Wildman–Crippen LogP) is 0.397. The Hall–Kier alpha value is -1.17. The molecule has 5 aliphatic carbocycles. The average molecular weight is 929 g/mol. The Morgan fingerprint density at radius 3 is 1.85 bits per heavy atom. The highest BCUT2D eigenvalue weighted by Gasteiger charge is 2.85. The fraction of sp³-hybridized carbons (Fsp3) is 0.979. The van der Waals surface area contributed by atoms with E-state index in [-0.39, 0.29) is 65.3 Å². The fourth-order valence-corrected chi connectivity index (χ4v) is 16.1. The minimum Gasteiger partial charge on any atom is -0.457 e. The summed E-state index contributed by atoms with van der Waals surface area (Å²) in [6, 6.07) is 0. The molecule has 4 saturated heterocycles. The normalized spacial score (nSPS) is 56.2. The van der Waals surface area contributed by atoms with Gasteiger partial charge in [-0.25, -0.2) is 0 Å². The van der Waals surface area contributed by atoms with E-state index in [0.29, 0.717) is 25.7 Å². The molecule has 9 fully saturated rings. The van der Waals surface area contributed by atoms with E-state index in [1.165, 1.54) is 6.92 Å². The van der Waals surface area contributed by atoms with E-state index in [1.54, 1.807) is 13.8 Å². The highest BCUT2D eigenvalue weighted by molar-refractivity contribution is 5.66. The van der Waals surface area contributed by atoms with Gasteiger partial charge in [-0.15, -0.1) is 0 Å². The fourth-order valence-electron chi connectivity index (χ4n) is 16.1. The number of ether oxygens (including phenoxy) is 8. The van der Waals surface area contributed by atoms with Gasteiger partial charge < -0.3 is 83.9 Å². The quantitative estimate of drug-likeness (QED) is 0.112. The van der Waals surface area contributed by atoms with Crippen molar-refractivity contribution < 1.29 is 88.6 Å². The lowest BCUT2D eigenvalue weighted by atomic mass is 9.41. The zero-order valence-electron chi connectivity index (χ0n) is 39.2. The first kappa shape index (κ1) is 48.8. The Morgan fingerprint density at radius 1 is 0.631 bits per heavy atom. The predicted molar refractivity (Wildman–Crippen MR) is 224 cm³/mol. The standard InChI is InChI=1S/C47H76O18/c1-21(48)61-26-19-60-40(35(32(26)54)64-39-34(56)31(53)24(51)18-59-39)63-28-10-12-47-20-46(47)14-13-43(6)36(45(8)11-9-29(65-45)42(4,5)57)22(49)16-44(43,7)27(46)15-25(37(47)41(28,2)3)62-38-33(55)30(52)23(50)17-58-38/h22-40,49-57H,9-20H2,1-8H3/t22-,23-,24+,25-,26+,27-,28-,29-,30+,31+,32-,33-,34-,35-,36-,37+,38+,39+,40-,43+,44-,45+,46-,47+/m0/s1. The summed E-state index contributed by atoms with van der Waals surface area (Å²) in [5.74, 6) is -0.967. The smallest absolute Gasteiger partial charge is 0.303 e. The van der Waals surface area contributed by atoms with Crippen LogP contribution in [0.5, 0.6) is 0 Å². The van der Waals surface area contributed by atoms with Gasteiger partial charge in [0.15, 0.2) is 25.0 Å². The van der Waals surface area contributed by atoms with E-state index in [1.807, 2.05) is 0 Å². The zero-order chi connectivity index (χ0) is 47.2. The number of aliphatic hydroxyl groups is 9. The van der Waals surface area contributed by atoms with Crippen molar-refractivity contribution in [2.45, 2.75) is 223 Å². The van der Waals surface area contributed by atoms with Gasteiger partial charge >= 0.3 is 5.97 Å². The molecule has 4 aliphatic heterocycles. The third-order valence-electron chi connectivity index (χ3n) is 19.2. The number of esters is 1. The molecule has 0 aromatic rings. The van der Waals surface area contributed by atoms with Crippen LogP contribution in [0.15, 0.2) is 0 Å². The third-order valence-corrected chi connectivity index (χ3v) is 19.2. The first-order valence-electron chi connectivity index (χ1n) is 24.1. The molecular weight excluding hydrogens is 852 g/mol. The summed E-state index contributed by atoms with van der Waals surface area (Å²) < 4.78 is 49.8. The lowest BCUT2D eigenvalue weighted by Crippen LogP contribution is -2.65. The summed E-state index contributed by atoms with van der Waals surface area (Å²) in [6.07, 6.45) is -12.5. The molecule has 4 heterocycles. The van der Waals surface area contributed by atoms with Crippen molar-refractivity contribution in [2.75, 3.05) is 19.8 Å². The zero-order valence-corrected chi connectivity index (χ0v) is 39.2. The van der Waals surface area contributed by atoms with E-state index in [4.69, 9.17) is 37.9 Å². The molecule has 9 N–H and O–H groups in total. The first-order chi connectivity index (χ1) is 30.2. The van der Waals surface area contributed by atoms with Crippen molar-refractivity contribution in [2.24, 2.45) is 44.8 Å². The van der Waals surface area contributed by atoms with Gasteiger partial charge in [0.1, 0.15) is 48.8 Å². The van der Waals surface area contributed by atoms with Crippen molar-refractivity contribution in [1.29, 1.82) is 0 Å². The average Bonchev–Trinajstić information content (AvgIpc) is 3.58. The van der Waals surface area contributed by atoms with Gasteiger partial charge in [0, 0.05) is 12.8 Å². The topological polar surface area (TPSA) is 273 Å². The summed E-state index contributed by atoms with van der Waals surface area (Å²) in [7, 11) is 0. The Bertz CT molecular complexity index is 1780. The molecule has 0 radical (unpaired) electrons. The van der Waals surface area contributed by atoms with Crippen LogP contribution in [0.3, 0.4) is 0 Å². The number of fused-ring (bicyclic) bond motifs is 2. The maximum Gasteiger partial charge on any atom is 0.303 e. The SMILES string of the molecule is CC(=O)O[C@@H]1CO[C@@H](O[C@H]2CC[C@]34C[C@]35CC[C@]3(C)[C@@H]([C@@]6(C)CC[C@@H](C(C)(C)O)O6)[C@@H](O)C[C@@]3(C)[C@@H]5C[C@H](O[C@H]3OC[C@H](O)[C@@H](O)[C@@H]3O)[C@@H]4C2(C)C)[C@@H](O[C@H]2OC[C@@H](O)[C@@H](O)[C@@H]2O)[C@H]1O. The van der Waals surface area contributed by atoms with Crippen molar-refractivity contribution in [1.82, 2.24) is 0 Å². The van der Waals surface area contributed by atoms with E-state index in [9.17, 15) is 50.8 Å². The van der Waals surface area contributed by atoms with Crippen LogP contribution in [-0.4, -0.2) is 181 Å².